The fourth-order valence-corrected chi connectivity index (χ4v) is 3.86. The molecule has 0 unspecified atom stereocenters. The van der Waals surface area contributed by atoms with Gasteiger partial charge in [0.2, 0.25) is 5.91 Å². The number of hydrogen-bond donors (Lipinski definition) is 0. The summed E-state index contributed by atoms with van der Waals surface area (Å²) >= 11 is 0. The van der Waals surface area contributed by atoms with Crippen molar-refractivity contribution in [3.05, 3.63) is 70.8 Å². The van der Waals surface area contributed by atoms with Crippen LogP contribution in [-0.4, -0.2) is 56.7 Å². The highest BCUT2D eigenvalue weighted by atomic mass is 16.2. The molecule has 31 heavy (non-hydrogen) atoms. The molecule has 0 aliphatic carbocycles. The zero-order valence-electron chi connectivity index (χ0n) is 18.5. The number of benzene rings is 1. The Morgan fingerprint density at radius 3 is 2.32 bits per heavy atom. The van der Waals surface area contributed by atoms with Gasteiger partial charge >= 0.3 is 0 Å². The minimum atomic E-state index is 0.0464. The third-order valence-electron chi connectivity index (χ3n) is 5.55. The first kappa shape index (κ1) is 20.8. The van der Waals surface area contributed by atoms with E-state index in [0.717, 1.165) is 47.2 Å². The van der Waals surface area contributed by atoms with E-state index in [4.69, 9.17) is 0 Å². The third kappa shape index (κ3) is 4.66. The lowest BCUT2D eigenvalue weighted by atomic mass is 10.1. The molecule has 0 spiro atoms. The van der Waals surface area contributed by atoms with E-state index in [1.807, 2.05) is 79.8 Å². The van der Waals surface area contributed by atoms with Crippen LogP contribution in [0.5, 0.6) is 0 Å². The fraction of sp³-hybridized carbons (Fsp3) is 0.333. The number of carbonyl (C=O) groups is 1. The van der Waals surface area contributed by atoms with Crippen molar-refractivity contribution in [1.82, 2.24) is 24.6 Å². The highest BCUT2D eigenvalue weighted by Crippen LogP contribution is 2.19. The molecule has 0 atom stereocenters. The summed E-state index contributed by atoms with van der Waals surface area (Å²) in [7, 11) is 0. The molecule has 1 amide bonds. The number of carbonyl (C=O) groups excluding carboxylic acids is 1. The van der Waals surface area contributed by atoms with Gasteiger partial charge in [0, 0.05) is 44.0 Å². The van der Waals surface area contributed by atoms with Gasteiger partial charge in [0.15, 0.2) is 5.82 Å². The highest BCUT2D eigenvalue weighted by Gasteiger charge is 2.22. The standard InChI is InChI=1S/C24H28N6O/c1-17-7-5-6-8-21(17)9-10-24(31)29-13-11-28(12-14-29)22-16-23(26-20(4)25-22)30-19(3)15-18(2)27-30/h5-10,15-16H,11-14H2,1-4H3/b10-9+. The van der Waals surface area contributed by atoms with Gasteiger partial charge in [-0.2, -0.15) is 5.10 Å². The van der Waals surface area contributed by atoms with Crippen LogP contribution < -0.4 is 4.90 Å². The number of aromatic nitrogens is 4. The maximum absolute atomic E-state index is 12.6. The molecule has 1 aliphatic rings. The topological polar surface area (TPSA) is 67.2 Å². The van der Waals surface area contributed by atoms with Gasteiger partial charge in [-0.1, -0.05) is 24.3 Å². The Balaban J connectivity index is 1.43. The lowest BCUT2D eigenvalue weighted by molar-refractivity contribution is -0.126. The summed E-state index contributed by atoms with van der Waals surface area (Å²) in [5, 5.41) is 4.54. The Bertz CT molecular complexity index is 1120. The summed E-state index contributed by atoms with van der Waals surface area (Å²) in [6.07, 6.45) is 3.58. The zero-order valence-corrected chi connectivity index (χ0v) is 18.5. The van der Waals surface area contributed by atoms with Crippen molar-refractivity contribution in [2.75, 3.05) is 31.1 Å². The number of hydrogen-bond acceptors (Lipinski definition) is 5. The molecule has 0 N–H and O–H groups in total. The second kappa shape index (κ2) is 8.71. The Morgan fingerprint density at radius 1 is 0.935 bits per heavy atom. The van der Waals surface area contributed by atoms with Crippen LogP contribution in [0.3, 0.4) is 0 Å². The number of rotatable bonds is 4. The van der Waals surface area contributed by atoms with E-state index in [-0.39, 0.29) is 5.91 Å². The van der Waals surface area contributed by atoms with Gasteiger partial charge in [-0.05, 0) is 51.0 Å². The van der Waals surface area contributed by atoms with Crippen LogP contribution >= 0.6 is 0 Å². The lowest BCUT2D eigenvalue weighted by Crippen LogP contribution is -2.48. The highest BCUT2D eigenvalue weighted by molar-refractivity contribution is 5.92. The van der Waals surface area contributed by atoms with Crippen LogP contribution in [0.15, 0.2) is 42.5 Å². The maximum Gasteiger partial charge on any atom is 0.246 e. The van der Waals surface area contributed by atoms with Crippen LogP contribution in [0.1, 0.15) is 28.3 Å². The van der Waals surface area contributed by atoms with Crippen molar-refractivity contribution < 1.29 is 4.79 Å². The van der Waals surface area contributed by atoms with E-state index in [2.05, 4.69) is 20.0 Å². The Labute approximate surface area is 183 Å². The van der Waals surface area contributed by atoms with E-state index in [0.29, 0.717) is 18.9 Å². The summed E-state index contributed by atoms with van der Waals surface area (Å²) < 4.78 is 1.85. The van der Waals surface area contributed by atoms with Crippen molar-refractivity contribution >= 4 is 17.8 Å². The van der Waals surface area contributed by atoms with Gasteiger partial charge in [0.25, 0.3) is 0 Å². The minimum absolute atomic E-state index is 0.0464. The molecule has 2 aromatic heterocycles. The van der Waals surface area contributed by atoms with E-state index in [1.54, 1.807) is 6.08 Å². The molecule has 3 aromatic rings. The summed E-state index contributed by atoms with van der Waals surface area (Å²) in [5.41, 5.74) is 4.23. The molecule has 4 rings (SSSR count). The number of amides is 1. The van der Waals surface area contributed by atoms with Crippen molar-refractivity contribution in [1.29, 1.82) is 0 Å². The van der Waals surface area contributed by atoms with E-state index < -0.39 is 0 Å². The minimum Gasteiger partial charge on any atom is -0.353 e. The van der Waals surface area contributed by atoms with Crippen LogP contribution in [0, 0.1) is 27.7 Å². The van der Waals surface area contributed by atoms with Gasteiger partial charge in [0.1, 0.15) is 11.6 Å². The zero-order chi connectivity index (χ0) is 22.0. The molecule has 7 nitrogen and oxygen atoms in total. The molecule has 0 saturated carbocycles. The van der Waals surface area contributed by atoms with E-state index in [9.17, 15) is 4.79 Å². The molecule has 1 saturated heterocycles. The summed E-state index contributed by atoms with van der Waals surface area (Å²) in [5.74, 6) is 2.40. The molecule has 160 valence electrons. The second-order valence-electron chi connectivity index (χ2n) is 7.97. The normalized spacial score (nSPS) is 14.5. The second-order valence-corrected chi connectivity index (χ2v) is 7.97. The molecule has 0 bridgehead atoms. The number of nitrogens with zero attached hydrogens (tertiary/aromatic N) is 6. The molecule has 1 fully saturated rings. The van der Waals surface area contributed by atoms with E-state index in [1.165, 1.54) is 0 Å². The van der Waals surface area contributed by atoms with Gasteiger partial charge in [-0.25, -0.2) is 14.6 Å². The summed E-state index contributed by atoms with van der Waals surface area (Å²) in [6.45, 7) is 10.7. The predicted molar refractivity (Wildman–Crippen MR) is 122 cm³/mol. The number of aryl methyl sites for hydroxylation is 4. The summed E-state index contributed by atoms with van der Waals surface area (Å²) in [4.78, 5) is 25.9. The quantitative estimate of drug-likeness (QED) is 0.611. The van der Waals surface area contributed by atoms with Crippen LogP contribution in [0.25, 0.3) is 11.9 Å². The molecular formula is C24H28N6O. The van der Waals surface area contributed by atoms with Crippen molar-refractivity contribution in [3.63, 3.8) is 0 Å². The third-order valence-corrected chi connectivity index (χ3v) is 5.55. The molecule has 3 heterocycles. The molecular weight excluding hydrogens is 388 g/mol. The summed E-state index contributed by atoms with van der Waals surface area (Å²) in [6, 6.07) is 12.1. The average Bonchev–Trinajstić information content (AvgIpc) is 3.10. The Hall–Kier alpha value is -3.48. The first-order valence-electron chi connectivity index (χ1n) is 10.6. The largest absolute Gasteiger partial charge is 0.353 e. The van der Waals surface area contributed by atoms with Crippen molar-refractivity contribution in [3.8, 4) is 5.82 Å². The van der Waals surface area contributed by atoms with E-state index >= 15 is 0 Å². The first-order valence-corrected chi connectivity index (χ1v) is 10.6. The van der Waals surface area contributed by atoms with Crippen molar-refractivity contribution in [2.24, 2.45) is 0 Å². The van der Waals surface area contributed by atoms with Gasteiger partial charge in [-0.3, -0.25) is 4.79 Å². The monoisotopic (exact) mass is 416 g/mol. The smallest absolute Gasteiger partial charge is 0.246 e. The van der Waals surface area contributed by atoms with Gasteiger partial charge < -0.3 is 9.80 Å². The van der Waals surface area contributed by atoms with Crippen LogP contribution in [0.4, 0.5) is 5.82 Å². The SMILES string of the molecule is Cc1cc(C)n(-c2cc(N3CCN(C(=O)/C=C/c4ccccc4C)CC3)nc(C)n2)n1. The average molecular weight is 417 g/mol. The van der Waals surface area contributed by atoms with Crippen molar-refractivity contribution in [2.45, 2.75) is 27.7 Å². The molecule has 1 aliphatic heterocycles. The van der Waals surface area contributed by atoms with Crippen LogP contribution in [-0.2, 0) is 4.79 Å². The number of piperazine rings is 1. The number of anilines is 1. The first-order chi connectivity index (χ1) is 14.9. The fourth-order valence-electron chi connectivity index (χ4n) is 3.86. The lowest BCUT2D eigenvalue weighted by Gasteiger charge is -2.35. The van der Waals surface area contributed by atoms with Gasteiger partial charge in [-0.15, -0.1) is 0 Å². The molecule has 7 heteroatoms. The molecule has 1 aromatic carbocycles. The van der Waals surface area contributed by atoms with Gasteiger partial charge in [0.05, 0.1) is 5.69 Å². The Kier molecular flexibility index (Phi) is 5.84. The van der Waals surface area contributed by atoms with Crippen LogP contribution in [0.2, 0.25) is 0 Å². The Morgan fingerprint density at radius 2 is 1.65 bits per heavy atom. The maximum atomic E-state index is 12.6. The predicted octanol–water partition coefficient (Wildman–Crippen LogP) is 3.26. The molecule has 0 radical (unpaired) electrons.